The molecular formula is C15H24N2O3. The van der Waals surface area contributed by atoms with E-state index < -0.39 is 5.41 Å². The number of rotatable bonds is 5. The Kier molecular flexibility index (Phi) is 6.50. The van der Waals surface area contributed by atoms with E-state index >= 15 is 0 Å². The van der Waals surface area contributed by atoms with E-state index in [0.29, 0.717) is 32.2 Å². The van der Waals surface area contributed by atoms with Gasteiger partial charge in [0.25, 0.3) is 0 Å². The highest BCUT2D eigenvalue weighted by atomic mass is 16.5. The summed E-state index contributed by atoms with van der Waals surface area (Å²) in [4.78, 5) is 25.2. The lowest BCUT2D eigenvalue weighted by molar-refractivity contribution is -0.142. The lowest BCUT2D eigenvalue weighted by Crippen LogP contribution is -2.41. The van der Waals surface area contributed by atoms with Crippen molar-refractivity contribution in [3.8, 4) is 6.07 Å². The van der Waals surface area contributed by atoms with Gasteiger partial charge in [-0.15, -0.1) is 0 Å². The number of methoxy groups -OCH3 is 1. The molecule has 0 spiro atoms. The van der Waals surface area contributed by atoms with Crippen LogP contribution in [0.2, 0.25) is 0 Å². The first kappa shape index (κ1) is 16.5. The molecule has 0 saturated heterocycles. The number of hydrogen-bond acceptors (Lipinski definition) is 4. The van der Waals surface area contributed by atoms with Gasteiger partial charge in [-0.3, -0.25) is 9.59 Å². The molecule has 1 aliphatic rings. The molecule has 1 saturated carbocycles. The molecule has 0 aromatic carbocycles. The molecule has 1 aliphatic carbocycles. The second kappa shape index (κ2) is 7.88. The normalized spacial score (nSPS) is 17.6. The Labute approximate surface area is 120 Å². The number of carbonyl (C=O) groups excluding carboxylic acids is 2. The molecule has 0 atom stereocenters. The molecule has 0 aromatic rings. The molecule has 5 heteroatoms. The van der Waals surface area contributed by atoms with Gasteiger partial charge in [0.1, 0.15) is 5.41 Å². The fraction of sp³-hybridized carbons (Fsp3) is 0.800. The summed E-state index contributed by atoms with van der Waals surface area (Å²) >= 11 is 0. The Morgan fingerprint density at radius 1 is 1.25 bits per heavy atom. The maximum absolute atomic E-state index is 12.5. The summed E-state index contributed by atoms with van der Waals surface area (Å²) in [6.07, 6.45) is 6.26. The van der Waals surface area contributed by atoms with Crippen molar-refractivity contribution >= 4 is 11.9 Å². The minimum atomic E-state index is -0.851. The Balaban J connectivity index is 2.57. The number of esters is 1. The molecule has 0 bridgehead atoms. The Morgan fingerprint density at radius 2 is 1.85 bits per heavy atom. The van der Waals surface area contributed by atoms with Crippen molar-refractivity contribution in [1.29, 1.82) is 5.26 Å². The average molecular weight is 280 g/mol. The molecule has 1 amide bonds. The average Bonchev–Trinajstić information content (AvgIpc) is 2.72. The van der Waals surface area contributed by atoms with E-state index in [2.05, 4.69) is 10.8 Å². The van der Waals surface area contributed by atoms with E-state index in [1.54, 1.807) is 11.9 Å². The Bertz CT molecular complexity index is 379. The largest absolute Gasteiger partial charge is 0.469 e. The van der Waals surface area contributed by atoms with Gasteiger partial charge in [0, 0.05) is 20.0 Å². The van der Waals surface area contributed by atoms with E-state index in [0.717, 1.165) is 25.7 Å². The first-order valence-electron chi connectivity index (χ1n) is 7.29. The minimum Gasteiger partial charge on any atom is -0.469 e. The third kappa shape index (κ3) is 4.22. The summed E-state index contributed by atoms with van der Waals surface area (Å²) in [5, 5.41) is 9.47. The van der Waals surface area contributed by atoms with Crippen LogP contribution in [0, 0.1) is 16.7 Å². The second-order valence-corrected chi connectivity index (χ2v) is 5.51. The van der Waals surface area contributed by atoms with Crippen LogP contribution in [0.25, 0.3) is 0 Å². The van der Waals surface area contributed by atoms with Crippen molar-refractivity contribution in [2.75, 3.05) is 20.7 Å². The zero-order valence-electron chi connectivity index (χ0n) is 12.5. The van der Waals surface area contributed by atoms with Gasteiger partial charge in [-0.1, -0.05) is 25.7 Å². The number of nitrogens with zero attached hydrogens (tertiary/aromatic N) is 2. The fourth-order valence-corrected chi connectivity index (χ4v) is 2.74. The second-order valence-electron chi connectivity index (χ2n) is 5.51. The first-order valence-corrected chi connectivity index (χ1v) is 7.29. The van der Waals surface area contributed by atoms with Crippen LogP contribution in [0.3, 0.4) is 0 Å². The van der Waals surface area contributed by atoms with Crippen LogP contribution in [0.4, 0.5) is 0 Å². The standard InChI is InChI=1S/C15H24N2O3/c1-17(11-7-8-13(18)20-2)14(19)15(12-16)9-5-3-4-6-10-15/h3-11H2,1-2H3. The lowest BCUT2D eigenvalue weighted by atomic mass is 9.80. The summed E-state index contributed by atoms with van der Waals surface area (Å²) in [5.41, 5.74) is -0.851. The highest BCUT2D eigenvalue weighted by Gasteiger charge is 2.40. The molecule has 112 valence electrons. The smallest absolute Gasteiger partial charge is 0.305 e. The van der Waals surface area contributed by atoms with Gasteiger partial charge < -0.3 is 9.64 Å². The van der Waals surface area contributed by atoms with Crippen molar-refractivity contribution in [3.63, 3.8) is 0 Å². The molecule has 0 N–H and O–H groups in total. The van der Waals surface area contributed by atoms with Crippen molar-refractivity contribution in [3.05, 3.63) is 0 Å². The van der Waals surface area contributed by atoms with Crippen LogP contribution in [0.1, 0.15) is 51.4 Å². The molecule has 5 nitrogen and oxygen atoms in total. The molecule has 0 aliphatic heterocycles. The summed E-state index contributed by atoms with van der Waals surface area (Å²) in [6.45, 7) is 0.483. The van der Waals surface area contributed by atoms with E-state index in [1.165, 1.54) is 7.11 Å². The molecule has 20 heavy (non-hydrogen) atoms. The van der Waals surface area contributed by atoms with Crippen LogP contribution in [-0.2, 0) is 14.3 Å². The van der Waals surface area contributed by atoms with E-state index in [-0.39, 0.29) is 11.9 Å². The van der Waals surface area contributed by atoms with Gasteiger partial charge in [0.15, 0.2) is 0 Å². The van der Waals surface area contributed by atoms with Crippen LogP contribution in [0.15, 0.2) is 0 Å². The first-order chi connectivity index (χ1) is 9.55. The van der Waals surface area contributed by atoms with E-state index in [1.807, 2.05) is 0 Å². The van der Waals surface area contributed by atoms with Crippen molar-refractivity contribution in [2.24, 2.45) is 5.41 Å². The van der Waals surface area contributed by atoms with Crippen LogP contribution < -0.4 is 0 Å². The molecular weight excluding hydrogens is 256 g/mol. The molecule has 0 radical (unpaired) electrons. The van der Waals surface area contributed by atoms with Gasteiger partial charge in [-0.05, 0) is 19.3 Å². The quantitative estimate of drug-likeness (QED) is 0.572. The predicted octanol–water partition coefficient (Wildman–Crippen LogP) is 2.26. The summed E-state index contributed by atoms with van der Waals surface area (Å²) in [7, 11) is 3.07. The zero-order valence-corrected chi connectivity index (χ0v) is 12.5. The lowest BCUT2D eigenvalue weighted by Gasteiger charge is -2.29. The third-order valence-electron chi connectivity index (χ3n) is 4.03. The van der Waals surface area contributed by atoms with Crippen molar-refractivity contribution in [1.82, 2.24) is 4.90 Å². The Morgan fingerprint density at radius 3 is 2.35 bits per heavy atom. The molecule has 0 heterocycles. The maximum Gasteiger partial charge on any atom is 0.305 e. The number of ether oxygens (including phenoxy) is 1. The maximum atomic E-state index is 12.5. The zero-order chi connectivity index (χ0) is 15.0. The van der Waals surface area contributed by atoms with Gasteiger partial charge in [0.2, 0.25) is 5.91 Å². The van der Waals surface area contributed by atoms with Crippen molar-refractivity contribution in [2.45, 2.75) is 51.4 Å². The van der Waals surface area contributed by atoms with Gasteiger partial charge in [-0.2, -0.15) is 5.26 Å². The SMILES string of the molecule is COC(=O)CCCN(C)C(=O)C1(C#N)CCCCCC1. The van der Waals surface area contributed by atoms with Crippen LogP contribution >= 0.6 is 0 Å². The number of nitriles is 1. The van der Waals surface area contributed by atoms with Crippen molar-refractivity contribution < 1.29 is 14.3 Å². The van der Waals surface area contributed by atoms with Gasteiger partial charge in [-0.25, -0.2) is 0 Å². The summed E-state index contributed by atoms with van der Waals surface area (Å²) in [5.74, 6) is -0.359. The fourth-order valence-electron chi connectivity index (χ4n) is 2.74. The molecule has 1 rings (SSSR count). The summed E-state index contributed by atoms with van der Waals surface area (Å²) in [6, 6.07) is 2.27. The third-order valence-corrected chi connectivity index (χ3v) is 4.03. The number of hydrogen-bond donors (Lipinski definition) is 0. The van der Waals surface area contributed by atoms with Crippen LogP contribution in [-0.4, -0.2) is 37.5 Å². The van der Waals surface area contributed by atoms with E-state index in [9.17, 15) is 14.9 Å². The highest BCUT2D eigenvalue weighted by Crippen LogP contribution is 2.36. The number of carbonyl (C=O) groups is 2. The molecule has 0 aromatic heterocycles. The van der Waals surface area contributed by atoms with Gasteiger partial charge >= 0.3 is 5.97 Å². The number of amides is 1. The Hall–Kier alpha value is -1.57. The predicted molar refractivity (Wildman–Crippen MR) is 74.6 cm³/mol. The molecule has 0 unspecified atom stereocenters. The topological polar surface area (TPSA) is 70.4 Å². The van der Waals surface area contributed by atoms with E-state index in [4.69, 9.17) is 0 Å². The summed E-state index contributed by atoms with van der Waals surface area (Å²) < 4.78 is 4.57. The monoisotopic (exact) mass is 280 g/mol. The van der Waals surface area contributed by atoms with Gasteiger partial charge in [0.05, 0.1) is 13.2 Å². The van der Waals surface area contributed by atoms with Crippen LogP contribution in [0.5, 0.6) is 0 Å². The molecule has 1 fully saturated rings. The minimum absolute atomic E-state index is 0.0910. The highest BCUT2D eigenvalue weighted by molar-refractivity contribution is 5.85.